The largest absolute Gasteiger partial charge is 0.330 e. The number of benzene rings is 1. The van der Waals surface area contributed by atoms with E-state index in [9.17, 15) is 4.39 Å². The van der Waals surface area contributed by atoms with E-state index in [1.165, 1.54) is 6.07 Å². The second kappa shape index (κ2) is 5.41. The molecule has 0 saturated heterocycles. The van der Waals surface area contributed by atoms with Crippen LogP contribution >= 0.6 is 0 Å². The molecule has 0 aliphatic carbocycles. The lowest BCUT2D eigenvalue weighted by Gasteiger charge is -2.35. The molecule has 0 unspecified atom stereocenters. The molecule has 0 bridgehead atoms. The van der Waals surface area contributed by atoms with Gasteiger partial charge in [0.05, 0.1) is 0 Å². The van der Waals surface area contributed by atoms with Gasteiger partial charge in [0, 0.05) is 17.6 Å². The predicted molar refractivity (Wildman–Crippen MR) is 65.6 cm³/mol. The summed E-state index contributed by atoms with van der Waals surface area (Å²) in [6.45, 7) is 5.51. The predicted octanol–water partition coefficient (Wildman–Crippen LogP) is 2.38. The second-order valence-electron chi connectivity index (χ2n) is 4.80. The minimum atomic E-state index is -0.141. The van der Waals surface area contributed by atoms with Crippen LogP contribution in [0.3, 0.4) is 0 Å². The monoisotopic (exact) mass is 224 g/mol. The number of hydrogen-bond acceptors (Lipinski definition) is 2. The molecular weight excluding hydrogens is 203 g/mol. The van der Waals surface area contributed by atoms with Crippen LogP contribution in [0.1, 0.15) is 25.8 Å². The van der Waals surface area contributed by atoms with E-state index in [1.807, 2.05) is 19.2 Å². The molecule has 0 aromatic heterocycles. The molecule has 1 aromatic carbocycles. The van der Waals surface area contributed by atoms with E-state index in [4.69, 9.17) is 5.73 Å². The van der Waals surface area contributed by atoms with Crippen molar-refractivity contribution in [3.63, 3.8) is 0 Å². The minimum Gasteiger partial charge on any atom is -0.330 e. The normalized spacial score (nSPS) is 12.1. The summed E-state index contributed by atoms with van der Waals surface area (Å²) < 4.78 is 13.5. The average molecular weight is 224 g/mol. The highest BCUT2D eigenvalue weighted by molar-refractivity contribution is 5.17. The van der Waals surface area contributed by atoms with Gasteiger partial charge in [0.1, 0.15) is 5.82 Å². The molecule has 0 radical (unpaired) electrons. The molecule has 0 fully saturated rings. The molecule has 0 aliphatic rings. The molecule has 16 heavy (non-hydrogen) atoms. The highest BCUT2D eigenvalue weighted by Crippen LogP contribution is 2.20. The molecule has 0 amide bonds. The lowest BCUT2D eigenvalue weighted by atomic mass is 9.98. The number of halogens is 1. The Balaban J connectivity index is 2.71. The van der Waals surface area contributed by atoms with Crippen LogP contribution in [-0.2, 0) is 6.54 Å². The Kier molecular flexibility index (Phi) is 4.44. The Bertz CT molecular complexity index is 336. The third-order valence-corrected chi connectivity index (χ3v) is 3.15. The third-order valence-electron chi connectivity index (χ3n) is 3.15. The molecule has 0 atom stereocenters. The van der Waals surface area contributed by atoms with Crippen LogP contribution in [0.4, 0.5) is 4.39 Å². The van der Waals surface area contributed by atoms with E-state index >= 15 is 0 Å². The molecule has 0 saturated carbocycles. The van der Waals surface area contributed by atoms with Crippen molar-refractivity contribution < 1.29 is 4.39 Å². The fourth-order valence-corrected chi connectivity index (χ4v) is 1.64. The van der Waals surface area contributed by atoms with Gasteiger partial charge >= 0.3 is 0 Å². The Morgan fingerprint density at radius 1 is 1.31 bits per heavy atom. The smallest absolute Gasteiger partial charge is 0.127 e. The van der Waals surface area contributed by atoms with Crippen molar-refractivity contribution in [1.29, 1.82) is 0 Å². The van der Waals surface area contributed by atoms with Crippen LogP contribution in [0, 0.1) is 5.82 Å². The highest BCUT2D eigenvalue weighted by Gasteiger charge is 2.22. The number of nitrogens with two attached hydrogens (primary N) is 1. The standard InChI is InChI=1S/C13H21FN2/c1-13(2,8-9-15)16(3)10-11-6-4-5-7-12(11)14/h4-7H,8-10,15H2,1-3H3. The van der Waals surface area contributed by atoms with Crippen LogP contribution in [0.5, 0.6) is 0 Å². The molecule has 90 valence electrons. The molecule has 2 N–H and O–H groups in total. The van der Waals surface area contributed by atoms with Gasteiger partial charge in [-0.25, -0.2) is 4.39 Å². The minimum absolute atomic E-state index is 0.00295. The molecule has 2 nitrogen and oxygen atoms in total. The van der Waals surface area contributed by atoms with E-state index in [0.29, 0.717) is 13.1 Å². The van der Waals surface area contributed by atoms with Crippen LogP contribution in [0.25, 0.3) is 0 Å². The van der Waals surface area contributed by atoms with E-state index in [0.717, 1.165) is 12.0 Å². The van der Waals surface area contributed by atoms with Crippen molar-refractivity contribution in [3.05, 3.63) is 35.6 Å². The van der Waals surface area contributed by atoms with Gasteiger partial charge in [-0.15, -0.1) is 0 Å². The first-order valence-electron chi connectivity index (χ1n) is 5.62. The maximum absolute atomic E-state index is 13.5. The van der Waals surface area contributed by atoms with Gasteiger partial charge in [-0.3, -0.25) is 4.90 Å². The van der Waals surface area contributed by atoms with Gasteiger partial charge in [0.2, 0.25) is 0 Å². The summed E-state index contributed by atoms with van der Waals surface area (Å²) in [6, 6.07) is 6.90. The van der Waals surface area contributed by atoms with Crippen LogP contribution < -0.4 is 5.73 Å². The Morgan fingerprint density at radius 3 is 2.50 bits per heavy atom. The lowest BCUT2D eigenvalue weighted by Crippen LogP contribution is -2.42. The van der Waals surface area contributed by atoms with E-state index < -0.39 is 0 Å². The van der Waals surface area contributed by atoms with Gasteiger partial charge in [-0.1, -0.05) is 18.2 Å². The van der Waals surface area contributed by atoms with Crippen molar-refractivity contribution >= 4 is 0 Å². The molecule has 1 rings (SSSR count). The topological polar surface area (TPSA) is 29.3 Å². The Morgan fingerprint density at radius 2 is 1.94 bits per heavy atom. The van der Waals surface area contributed by atoms with Crippen molar-refractivity contribution in [2.75, 3.05) is 13.6 Å². The van der Waals surface area contributed by atoms with Gasteiger partial charge in [-0.05, 0) is 39.9 Å². The van der Waals surface area contributed by atoms with Crippen LogP contribution in [-0.4, -0.2) is 24.0 Å². The van der Waals surface area contributed by atoms with Gasteiger partial charge in [-0.2, -0.15) is 0 Å². The zero-order chi connectivity index (χ0) is 12.2. The summed E-state index contributed by atoms with van der Waals surface area (Å²) in [6.07, 6.45) is 0.901. The second-order valence-corrected chi connectivity index (χ2v) is 4.80. The maximum Gasteiger partial charge on any atom is 0.127 e. The van der Waals surface area contributed by atoms with Crippen molar-refractivity contribution in [3.8, 4) is 0 Å². The summed E-state index contributed by atoms with van der Waals surface area (Å²) in [4.78, 5) is 2.14. The molecule has 3 heteroatoms. The summed E-state index contributed by atoms with van der Waals surface area (Å²) in [7, 11) is 2.00. The summed E-state index contributed by atoms with van der Waals surface area (Å²) >= 11 is 0. The fourth-order valence-electron chi connectivity index (χ4n) is 1.64. The fraction of sp³-hybridized carbons (Fsp3) is 0.538. The summed E-state index contributed by atoms with van der Waals surface area (Å²) in [5.41, 5.74) is 6.30. The molecular formula is C13H21FN2. The van der Waals surface area contributed by atoms with Crippen LogP contribution in [0.15, 0.2) is 24.3 Å². The average Bonchev–Trinajstić information content (AvgIpc) is 2.21. The molecule has 0 spiro atoms. The molecule has 1 aromatic rings. The van der Waals surface area contributed by atoms with Crippen molar-refractivity contribution in [2.24, 2.45) is 5.73 Å². The summed E-state index contributed by atoms with van der Waals surface area (Å²) in [5.74, 6) is -0.141. The van der Waals surface area contributed by atoms with Gasteiger partial charge < -0.3 is 5.73 Å². The first kappa shape index (κ1) is 13.1. The first-order chi connectivity index (χ1) is 7.47. The molecule has 0 heterocycles. The van der Waals surface area contributed by atoms with Gasteiger partial charge in [0.25, 0.3) is 0 Å². The highest BCUT2D eigenvalue weighted by atomic mass is 19.1. The maximum atomic E-state index is 13.5. The number of nitrogens with zero attached hydrogens (tertiary/aromatic N) is 1. The lowest BCUT2D eigenvalue weighted by molar-refractivity contribution is 0.138. The van der Waals surface area contributed by atoms with E-state index in [-0.39, 0.29) is 11.4 Å². The van der Waals surface area contributed by atoms with Gasteiger partial charge in [0.15, 0.2) is 0 Å². The zero-order valence-electron chi connectivity index (χ0n) is 10.3. The third kappa shape index (κ3) is 3.29. The van der Waals surface area contributed by atoms with E-state index in [2.05, 4.69) is 18.7 Å². The molecule has 0 aliphatic heterocycles. The number of hydrogen-bond donors (Lipinski definition) is 1. The van der Waals surface area contributed by atoms with Crippen LogP contribution in [0.2, 0.25) is 0 Å². The Hall–Kier alpha value is -0.930. The van der Waals surface area contributed by atoms with Crippen molar-refractivity contribution in [2.45, 2.75) is 32.4 Å². The Labute approximate surface area is 97.3 Å². The quantitative estimate of drug-likeness (QED) is 0.832. The van der Waals surface area contributed by atoms with E-state index in [1.54, 1.807) is 6.07 Å². The number of rotatable bonds is 5. The SMILES string of the molecule is CN(Cc1ccccc1F)C(C)(C)CCN. The summed E-state index contributed by atoms with van der Waals surface area (Å²) in [5, 5.41) is 0. The van der Waals surface area contributed by atoms with Crippen molar-refractivity contribution in [1.82, 2.24) is 4.90 Å². The zero-order valence-corrected chi connectivity index (χ0v) is 10.3. The first-order valence-corrected chi connectivity index (χ1v) is 5.62.